The SMILES string of the molecule is c1ccc2oc(N3CC(n4nccn4)C3)nc2c1. The second-order valence-corrected chi connectivity index (χ2v) is 4.37. The number of para-hydroxylation sites is 2. The number of hydrogen-bond acceptors (Lipinski definition) is 5. The lowest BCUT2D eigenvalue weighted by atomic mass is 10.1. The lowest BCUT2D eigenvalue weighted by Gasteiger charge is -2.36. The largest absolute Gasteiger partial charge is 0.423 e. The molecule has 6 nitrogen and oxygen atoms in total. The summed E-state index contributed by atoms with van der Waals surface area (Å²) in [6, 6.07) is 8.78. The van der Waals surface area contributed by atoms with Gasteiger partial charge in [0.05, 0.1) is 12.4 Å². The van der Waals surface area contributed by atoms with Crippen molar-refractivity contribution in [3.8, 4) is 0 Å². The molecule has 1 aromatic carbocycles. The second kappa shape index (κ2) is 3.56. The molecule has 0 spiro atoms. The minimum absolute atomic E-state index is 0.315. The van der Waals surface area contributed by atoms with Crippen molar-refractivity contribution in [1.82, 2.24) is 20.0 Å². The van der Waals surface area contributed by atoms with Crippen molar-refractivity contribution in [2.75, 3.05) is 18.0 Å². The van der Waals surface area contributed by atoms with Crippen LogP contribution < -0.4 is 4.90 Å². The molecule has 0 N–H and O–H groups in total. The summed E-state index contributed by atoms with van der Waals surface area (Å²) < 4.78 is 5.70. The summed E-state index contributed by atoms with van der Waals surface area (Å²) in [5, 5.41) is 8.27. The average Bonchev–Trinajstić information content (AvgIpc) is 2.94. The van der Waals surface area contributed by atoms with Crippen molar-refractivity contribution >= 4 is 17.1 Å². The minimum atomic E-state index is 0.315. The fraction of sp³-hybridized carbons (Fsp3) is 0.250. The van der Waals surface area contributed by atoms with Gasteiger partial charge in [-0.2, -0.15) is 20.0 Å². The number of oxazole rings is 1. The van der Waals surface area contributed by atoms with E-state index in [1.807, 2.05) is 24.3 Å². The lowest BCUT2D eigenvalue weighted by molar-refractivity contribution is 0.317. The Labute approximate surface area is 103 Å². The van der Waals surface area contributed by atoms with E-state index >= 15 is 0 Å². The van der Waals surface area contributed by atoms with Crippen LogP contribution in [0.3, 0.4) is 0 Å². The van der Waals surface area contributed by atoms with Crippen molar-refractivity contribution in [1.29, 1.82) is 0 Å². The van der Waals surface area contributed by atoms with Crippen molar-refractivity contribution in [2.45, 2.75) is 6.04 Å². The molecule has 4 rings (SSSR count). The van der Waals surface area contributed by atoms with Crippen LogP contribution in [0.1, 0.15) is 6.04 Å². The Morgan fingerprint density at radius 3 is 2.67 bits per heavy atom. The van der Waals surface area contributed by atoms with Crippen molar-refractivity contribution in [3.63, 3.8) is 0 Å². The maximum absolute atomic E-state index is 5.70. The minimum Gasteiger partial charge on any atom is -0.423 e. The molecule has 0 unspecified atom stereocenters. The first-order valence-electron chi connectivity index (χ1n) is 5.86. The van der Waals surface area contributed by atoms with Crippen LogP contribution in [0.5, 0.6) is 0 Å². The topological polar surface area (TPSA) is 60.0 Å². The predicted molar refractivity (Wildman–Crippen MR) is 65.3 cm³/mol. The van der Waals surface area contributed by atoms with Gasteiger partial charge in [-0.25, -0.2) is 0 Å². The molecule has 0 atom stereocenters. The monoisotopic (exact) mass is 241 g/mol. The molecule has 3 heterocycles. The molecule has 0 saturated carbocycles. The number of hydrogen-bond donors (Lipinski definition) is 0. The van der Waals surface area contributed by atoms with Crippen LogP contribution in [-0.4, -0.2) is 33.1 Å². The van der Waals surface area contributed by atoms with Gasteiger partial charge in [-0.05, 0) is 12.1 Å². The molecule has 0 radical (unpaired) electrons. The average molecular weight is 241 g/mol. The van der Waals surface area contributed by atoms with E-state index in [4.69, 9.17) is 4.42 Å². The highest BCUT2D eigenvalue weighted by atomic mass is 16.4. The molecule has 1 aliphatic heterocycles. The number of nitrogens with zero attached hydrogens (tertiary/aromatic N) is 5. The molecule has 3 aromatic rings. The van der Waals surface area contributed by atoms with E-state index in [1.165, 1.54) is 0 Å². The van der Waals surface area contributed by atoms with Crippen molar-refractivity contribution < 1.29 is 4.42 Å². The van der Waals surface area contributed by atoms with E-state index in [1.54, 1.807) is 17.2 Å². The maximum Gasteiger partial charge on any atom is 0.298 e. The summed E-state index contributed by atoms with van der Waals surface area (Å²) in [7, 11) is 0. The number of anilines is 1. The molecule has 18 heavy (non-hydrogen) atoms. The van der Waals surface area contributed by atoms with Crippen molar-refractivity contribution in [2.24, 2.45) is 0 Å². The molecule has 0 amide bonds. The molecule has 0 bridgehead atoms. The summed E-state index contributed by atoms with van der Waals surface area (Å²) in [5.41, 5.74) is 1.72. The number of fused-ring (bicyclic) bond motifs is 1. The number of benzene rings is 1. The Hall–Kier alpha value is -2.37. The van der Waals surface area contributed by atoms with Crippen LogP contribution in [0, 0.1) is 0 Å². The first kappa shape index (κ1) is 9.64. The Bertz CT molecular complexity index is 636. The van der Waals surface area contributed by atoms with Gasteiger partial charge in [0.15, 0.2) is 5.58 Å². The van der Waals surface area contributed by atoms with Crippen LogP contribution in [0.15, 0.2) is 41.1 Å². The standard InChI is InChI=1S/C12H11N5O/c1-2-4-11-10(3-1)15-12(18-11)16-7-9(8-16)17-13-5-6-14-17/h1-6,9H,7-8H2. The van der Waals surface area contributed by atoms with Gasteiger partial charge in [0.2, 0.25) is 0 Å². The highest BCUT2D eigenvalue weighted by Crippen LogP contribution is 2.28. The zero-order chi connectivity index (χ0) is 11.9. The fourth-order valence-electron chi connectivity index (χ4n) is 2.17. The molecular weight excluding hydrogens is 230 g/mol. The molecule has 0 aliphatic carbocycles. The van der Waals surface area contributed by atoms with Crippen molar-refractivity contribution in [3.05, 3.63) is 36.7 Å². The molecule has 1 saturated heterocycles. The Morgan fingerprint density at radius 1 is 1.11 bits per heavy atom. The third-order valence-electron chi connectivity index (χ3n) is 3.18. The Morgan fingerprint density at radius 2 is 1.89 bits per heavy atom. The summed E-state index contributed by atoms with van der Waals surface area (Å²) in [4.78, 5) is 8.29. The van der Waals surface area contributed by atoms with Crippen LogP contribution in [0.2, 0.25) is 0 Å². The first-order chi connectivity index (χ1) is 8.90. The molecular formula is C12H11N5O. The molecule has 1 fully saturated rings. The van der Waals surface area contributed by atoms with Crippen LogP contribution in [-0.2, 0) is 0 Å². The van der Waals surface area contributed by atoms with E-state index in [0.717, 1.165) is 24.2 Å². The highest BCUT2D eigenvalue weighted by molar-refractivity contribution is 5.74. The summed E-state index contributed by atoms with van der Waals surface area (Å²) >= 11 is 0. The summed E-state index contributed by atoms with van der Waals surface area (Å²) in [6.07, 6.45) is 3.39. The van der Waals surface area contributed by atoms with E-state index in [9.17, 15) is 0 Å². The smallest absolute Gasteiger partial charge is 0.298 e. The van der Waals surface area contributed by atoms with E-state index in [-0.39, 0.29) is 0 Å². The molecule has 1 aliphatic rings. The number of aromatic nitrogens is 4. The van der Waals surface area contributed by atoms with E-state index in [2.05, 4.69) is 20.1 Å². The lowest BCUT2D eigenvalue weighted by Crippen LogP contribution is -2.48. The quantitative estimate of drug-likeness (QED) is 0.680. The van der Waals surface area contributed by atoms with Gasteiger partial charge in [0.1, 0.15) is 11.6 Å². The zero-order valence-corrected chi connectivity index (χ0v) is 9.60. The highest BCUT2D eigenvalue weighted by Gasteiger charge is 2.32. The predicted octanol–water partition coefficient (Wildman–Crippen LogP) is 1.48. The van der Waals surface area contributed by atoms with Gasteiger partial charge in [-0.3, -0.25) is 0 Å². The Balaban J connectivity index is 1.56. The zero-order valence-electron chi connectivity index (χ0n) is 9.60. The molecule has 90 valence electrons. The maximum atomic E-state index is 5.70. The Kier molecular flexibility index (Phi) is 1.91. The van der Waals surface area contributed by atoms with Gasteiger partial charge < -0.3 is 9.32 Å². The van der Waals surface area contributed by atoms with Gasteiger partial charge in [0.25, 0.3) is 6.01 Å². The third-order valence-corrected chi connectivity index (χ3v) is 3.18. The summed E-state index contributed by atoms with van der Waals surface area (Å²) in [6.45, 7) is 1.67. The first-order valence-corrected chi connectivity index (χ1v) is 5.86. The summed E-state index contributed by atoms with van der Waals surface area (Å²) in [5.74, 6) is 0. The van der Waals surface area contributed by atoms with E-state index < -0.39 is 0 Å². The third kappa shape index (κ3) is 1.38. The number of rotatable bonds is 2. The van der Waals surface area contributed by atoms with Gasteiger partial charge >= 0.3 is 0 Å². The molecule has 6 heteroatoms. The van der Waals surface area contributed by atoms with Crippen LogP contribution >= 0.6 is 0 Å². The van der Waals surface area contributed by atoms with Gasteiger partial charge in [0, 0.05) is 13.1 Å². The molecule has 2 aromatic heterocycles. The van der Waals surface area contributed by atoms with Gasteiger partial charge in [-0.15, -0.1) is 0 Å². The van der Waals surface area contributed by atoms with Crippen LogP contribution in [0.25, 0.3) is 11.1 Å². The normalized spacial score (nSPS) is 16.1. The van der Waals surface area contributed by atoms with Gasteiger partial charge in [-0.1, -0.05) is 12.1 Å². The van der Waals surface area contributed by atoms with E-state index in [0.29, 0.717) is 12.1 Å². The van der Waals surface area contributed by atoms with Crippen LogP contribution in [0.4, 0.5) is 6.01 Å². The second-order valence-electron chi connectivity index (χ2n) is 4.37. The fourth-order valence-corrected chi connectivity index (χ4v) is 2.17.